The third kappa shape index (κ3) is 2.92. The van der Waals surface area contributed by atoms with E-state index in [9.17, 15) is 4.79 Å². The maximum Gasteiger partial charge on any atom is 0.260 e. The van der Waals surface area contributed by atoms with E-state index in [1.54, 1.807) is 0 Å². The summed E-state index contributed by atoms with van der Waals surface area (Å²) in [7, 11) is 0. The standard InChI is InChI=1S/C20H23NO2/c22-20(21-12-11-16-6-3-4-8-19(16)21)14-23-18-10-9-15-5-1-2-7-17(15)13-18/h1-2,5,7,9-10,13,16,19H,3-4,6,8,11-12,14H2. The second kappa shape index (κ2) is 6.23. The van der Waals surface area contributed by atoms with Gasteiger partial charge in [0.1, 0.15) is 5.75 Å². The first-order valence-electron chi connectivity index (χ1n) is 8.72. The lowest BCUT2D eigenvalue weighted by molar-refractivity contribution is -0.134. The Morgan fingerprint density at radius 3 is 2.78 bits per heavy atom. The van der Waals surface area contributed by atoms with E-state index in [-0.39, 0.29) is 12.5 Å². The SMILES string of the molecule is O=C(COc1ccc2ccccc2c1)N1CCC2CCCCC21. The summed E-state index contributed by atoms with van der Waals surface area (Å²) in [6.45, 7) is 1.07. The molecule has 0 radical (unpaired) electrons. The Morgan fingerprint density at radius 2 is 1.87 bits per heavy atom. The molecule has 23 heavy (non-hydrogen) atoms. The van der Waals surface area contributed by atoms with Crippen molar-refractivity contribution < 1.29 is 9.53 Å². The van der Waals surface area contributed by atoms with Gasteiger partial charge in [-0.2, -0.15) is 0 Å². The Labute approximate surface area is 137 Å². The minimum Gasteiger partial charge on any atom is -0.484 e. The molecular weight excluding hydrogens is 286 g/mol. The van der Waals surface area contributed by atoms with Crippen molar-refractivity contribution in [1.82, 2.24) is 4.90 Å². The Morgan fingerprint density at radius 1 is 1.04 bits per heavy atom. The van der Waals surface area contributed by atoms with Gasteiger partial charge in [0, 0.05) is 12.6 Å². The number of carbonyl (C=O) groups is 1. The van der Waals surface area contributed by atoms with Gasteiger partial charge in [0.25, 0.3) is 5.91 Å². The number of hydrogen-bond acceptors (Lipinski definition) is 2. The van der Waals surface area contributed by atoms with Crippen molar-refractivity contribution >= 4 is 16.7 Å². The molecule has 0 bridgehead atoms. The summed E-state index contributed by atoms with van der Waals surface area (Å²) < 4.78 is 5.78. The van der Waals surface area contributed by atoms with Crippen LogP contribution >= 0.6 is 0 Å². The first-order valence-corrected chi connectivity index (χ1v) is 8.72. The van der Waals surface area contributed by atoms with Crippen LogP contribution in [0.1, 0.15) is 32.1 Å². The zero-order valence-corrected chi connectivity index (χ0v) is 13.4. The molecule has 2 aromatic rings. The predicted octanol–water partition coefficient (Wildman–Crippen LogP) is 4.01. The van der Waals surface area contributed by atoms with E-state index in [1.807, 2.05) is 30.3 Å². The van der Waals surface area contributed by atoms with Crippen molar-refractivity contribution in [2.75, 3.05) is 13.2 Å². The molecule has 2 atom stereocenters. The Bertz CT molecular complexity index is 712. The van der Waals surface area contributed by atoms with Gasteiger partial charge in [-0.05, 0) is 48.1 Å². The normalized spacial score (nSPS) is 23.7. The highest BCUT2D eigenvalue weighted by atomic mass is 16.5. The van der Waals surface area contributed by atoms with Crippen molar-refractivity contribution in [2.45, 2.75) is 38.1 Å². The van der Waals surface area contributed by atoms with Gasteiger partial charge in [-0.1, -0.05) is 43.2 Å². The molecular formula is C20H23NO2. The van der Waals surface area contributed by atoms with Gasteiger partial charge in [-0.3, -0.25) is 4.79 Å². The smallest absolute Gasteiger partial charge is 0.260 e. The number of nitrogens with zero attached hydrogens (tertiary/aromatic N) is 1. The minimum atomic E-state index is 0.146. The molecule has 1 aliphatic carbocycles. The van der Waals surface area contributed by atoms with Crippen LogP contribution in [0.15, 0.2) is 42.5 Å². The number of ether oxygens (including phenoxy) is 1. The lowest BCUT2D eigenvalue weighted by Gasteiger charge is -2.31. The minimum absolute atomic E-state index is 0.146. The van der Waals surface area contributed by atoms with Crippen molar-refractivity contribution in [3.05, 3.63) is 42.5 Å². The second-order valence-corrected chi connectivity index (χ2v) is 6.79. The van der Waals surface area contributed by atoms with Crippen LogP contribution in [0.5, 0.6) is 5.75 Å². The summed E-state index contributed by atoms with van der Waals surface area (Å²) in [5, 5.41) is 2.33. The molecule has 0 spiro atoms. The monoisotopic (exact) mass is 309 g/mol. The fraction of sp³-hybridized carbons (Fsp3) is 0.450. The number of likely N-dealkylation sites (tertiary alicyclic amines) is 1. The molecule has 2 aromatic carbocycles. The molecule has 0 aromatic heterocycles. The van der Waals surface area contributed by atoms with Crippen LogP contribution in [-0.2, 0) is 4.79 Å². The van der Waals surface area contributed by atoms with Gasteiger partial charge in [0.2, 0.25) is 0 Å². The topological polar surface area (TPSA) is 29.5 Å². The number of rotatable bonds is 3. The lowest BCUT2D eigenvalue weighted by Crippen LogP contribution is -2.41. The molecule has 2 aliphatic rings. The molecule has 1 heterocycles. The number of benzene rings is 2. The van der Waals surface area contributed by atoms with Gasteiger partial charge in [-0.15, -0.1) is 0 Å². The summed E-state index contributed by atoms with van der Waals surface area (Å²) in [5.41, 5.74) is 0. The van der Waals surface area contributed by atoms with Crippen LogP contribution in [0.2, 0.25) is 0 Å². The van der Waals surface area contributed by atoms with E-state index in [2.05, 4.69) is 17.0 Å². The summed E-state index contributed by atoms with van der Waals surface area (Å²) in [4.78, 5) is 14.6. The van der Waals surface area contributed by atoms with Gasteiger partial charge in [0.05, 0.1) is 0 Å². The predicted molar refractivity (Wildman–Crippen MR) is 91.5 cm³/mol. The van der Waals surface area contributed by atoms with Crippen LogP contribution in [-0.4, -0.2) is 30.0 Å². The van der Waals surface area contributed by atoms with Crippen molar-refractivity contribution in [3.63, 3.8) is 0 Å². The van der Waals surface area contributed by atoms with Gasteiger partial charge < -0.3 is 9.64 Å². The molecule has 1 aliphatic heterocycles. The highest BCUT2D eigenvalue weighted by Gasteiger charge is 2.38. The number of amides is 1. The Balaban J connectivity index is 1.40. The molecule has 4 rings (SSSR count). The van der Waals surface area contributed by atoms with Gasteiger partial charge >= 0.3 is 0 Å². The summed E-state index contributed by atoms with van der Waals surface area (Å²) in [5.74, 6) is 1.65. The van der Waals surface area contributed by atoms with Crippen molar-refractivity contribution in [3.8, 4) is 5.75 Å². The number of carbonyl (C=O) groups excluding carboxylic acids is 1. The van der Waals surface area contributed by atoms with E-state index in [1.165, 1.54) is 37.5 Å². The largest absolute Gasteiger partial charge is 0.484 e. The summed E-state index contributed by atoms with van der Waals surface area (Å²) in [6, 6.07) is 14.7. The number of hydrogen-bond donors (Lipinski definition) is 0. The molecule has 1 amide bonds. The summed E-state index contributed by atoms with van der Waals surface area (Å²) in [6.07, 6.45) is 6.23. The quantitative estimate of drug-likeness (QED) is 0.857. The zero-order valence-electron chi connectivity index (χ0n) is 13.4. The highest BCUT2D eigenvalue weighted by Crippen LogP contribution is 2.36. The fourth-order valence-corrected chi connectivity index (χ4v) is 4.20. The van der Waals surface area contributed by atoms with E-state index in [0.717, 1.165) is 23.6 Å². The Kier molecular flexibility index (Phi) is 3.94. The van der Waals surface area contributed by atoms with Crippen molar-refractivity contribution in [2.24, 2.45) is 5.92 Å². The third-order valence-corrected chi connectivity index (χ3v) is 5.41. The molecule has 1 saturated heterocycles. The fourth-order valence-electron chi connectivity index (χ4n) is 4.20. The van der Waals surface area contributed by atoms with Crippen molar-refractivity contribution in [1.29, 1.82) is 0 Å². The third-order valence-electron chi connectivity index (χ3n) is 5.41. The van der Waals surface area contributed by atoms with E-state index >= 15 is 0 Å². The molecule has 3 nitrogen and oxygen atoms in total. The van der Waals surface area contributed by atoms with Gasteiger partial charge in [0.15, 0.2) is 6.61 Å². The zero-order chi connectivity index (χ0) is 15.6. The second-order valence-electron chi connectivity index (χ2n) is 6.79. The highest BCUT2D eigenvalue weighted by molar-refractivity contribution is 5.84. The maximum atomic E-state index is 12.5. The van der Waals surface area contributed by atoms with Crippen LogP contribution in [0.4, 0.5) is 0 Å². The van der Waals surface area contributed by atoms with Gasteiger partial charge in [-0.25, -0.2) is 0 Å². The number of fused-ring (bicyclic) bond motifs is 2. The first kappa shape index (κ1) is 14.6. The lowest BCUT2D eigenvalue weighted by atomic mass is 9.85. The molecule has 3 heteroatoms. The van der Waals surface area contributed by atoms with E-state index in [4.69, 9.17) is 4.74 Å². The van der Waals surface area contributed by atoms with Crippen LogP contribution in [0, 0.1) is 5.92 Å². The van der Waals surface area contributed by atoms with E-state index < -0.39 is 0 Å². The van der Waals surface area contributed by atoms with Crippen LogP contribution in [0.25, 0.3) is 10.8 Å². The van der Waals surface area contributed by atoms with Crippen LogP contribution in [0.3, 0.4) is 0 Å². The first-order chi connectivity index (χ1) is 11.3. The molecule has 0 N–H and O–H groups in total. The average Bonchev–Trinajstić information content (AvgIpc) is 3.03. The van der Waals surface area contributed by atoms with Crippen LogP contribution < -0.4 is 4.74 Å². The molecule has 2 unspecified atom stereocenters. The summed E-state index contributed by atoms with van der Waals surface area (Å²) >= 11 is 0. The molecule has 120 valence electrons. The molecule has 1 saturated carbocycles. The van der Waals surface area contributed by atoms with E-state index in [0.29, 0.717) is 6.04 Å². The average molecular weight is 309 g/mol. The molecule has 2 fully saturated rings. The Hall–Kier alpha value is -2.03. The maximum absolute atomic E-state index is 12.5.